The molecule has 5 nitrogen and oxygen atoms in total. The van der Waals surface area contributed by atoms with Gasteiger partial charge in [-0.2, -0.15) is 0 Å². The Morgan fingerprint density at radius 1 is 1.05 bits per heavy atom. The second-order valence-electron chi connectivity index (χ2n) is 7.30. The Balaban J connectivity index is 1.82. The third kappa shape index (κ3) is 1.56. The molecular weight excluding hydrogens is 260 g/mol. The first-order valence-electron chi connectivity index (χ1n) is 7.84. The summed E-state index contributed by atoms with van der Waals surface area (Å²) < 4.78 is 11.9. The lowest BCUT2D eigenvalue weighted by Gasteiger charge is -2.59. The Morgan fingerprint density at radius 3 is 2.65 bits per heavy atom. The summed E-state index contributed by atoms with van der Waals surface area (Å²) in [5, 5.41) is 10.2. The monoisotopic (exact) mass is 284 g/mol. The maximum absolute atomic E-state index is 10.2. The van der Waals surface area contributed by atoms with E-state index >= 15 is 0 Å². The van der Waals surface area contributed by atoms with Crippen molar-refractivity contribution < 1.29 is 24.4 Å². The highest BCUT2D eigenvalue weighted by Crippen LogP contribution is 2.60. The van der Waals surface area contributed by atoms with Gasteiger partial charge in [0.2, 0.25) is 5.79 Å². The highest BCUT2D eigenvalue weighted by Gasteiger charge is 2.69. The smallest absolute Gasteiger partial charge is 0.201 e. The van der Waals surface area contributed by atoms with Crippen molar-refractivity contribution >= 4 is 0 Å². The normalized spacial score (nSPS) is 61.8. The predicted molar refractivity (Wildman–Crippen MR) is 69.0 cm³/mol. The molecular formula is C15H24O5. The quantitative estimate of drug-likeness (QED) is 0.691. The molecule has 1 spiro atoms. The van der Waals surface area contributed by atoms with Gasteiger partial charge in [-0.3, -0.25) is 0 Å². The molecule has 2 bridgehead atoms. The molecule has 114 valence electrons. The van der Waals surface area contributed by atoms with E-state index in [0.717, 1.165) is 19.3 Å². The Labute approximate surface area is 119 Å². The van der Waals surface area contributed by atoms with Gasteiger partial charge in [-0.25, -0.2) is 9.78 Å². The van der Waals surface area contributed by atoms with Gasteiger partial charge in [0.25, 0.3) is 0 Å². The third-order valence-corrected chi connectivity index (χ3v) is 6.12. The minimum Gasteiger partial charge on any atom is -0.368 e. The van der Waals surface area contributed by atoms with Crippen LogP contribution < -0.4 is 0 Å². The standard InChI is InChI=1S/C15H24O5/c1-8-4-5-11-9(2)12(16)17-13-15(11)10(8)6-7-14(3,18-13)19-20-15/h8-13,16H,4-7H2,1-3H3/t8-,9-,10-,11+,12-,13-,14-,15-/m1/s1. The topological polar surface area (TPSA) is 57.2 Å². The second-order valence-corrected chi connectivity index (χ2v) is 7.30. The Bertz CT molecular complexity index is 411. The van der Waals surface area contributed by atoms with Crippen molar-refractivity contribution in [2.45, 2.75) is 70.4 Å². The maximum atomic E-state index is 10.2. The number of hydrogen-bond donors (Lipinski definition) is 1. The SMILES string of the molecule is C[C@H]1[C@H](O)O[C@@H]2O[C@@]3(C)CC[C@@H]4[C@H](C)CC[C@@H]1[C@@]24OO3. The molecule has 1 saturated carbocycles. The van der Waals surface area contributed by atoms with Crippen LogP contribution in [0.2, 0.25) is 0 Å². The molecule has 5 fully saturated rings. The lowest BCUT2D eigenvalue weighted by Crippen LogP contribution is -2.70. The van der Waals surface area contributed by atoms with Gasteiger partial charge in [0.05, 0.1) is 0 Å². The van der Waals surface area contributed by atoms with E-state index in [-0.39, 0.29) is 11.8 Å². The summed E-state index contributed by atoms with van der Waals surface area (Å²) in [5.41, 5.74) is -0.549. The number of aliphatic hydroxyl groups excluding tert-OH is 1. The van der Waals surface area contributed by atoms with Crippen LogP contribution in [0.15, 0.2) is 0 Å². The molecule has 5 rings (SSSR count). The fraction of sp³-hybridized carbons (Fsp3) is 1.00. The lowest BCUT2D eigenvalue weighted by atomic mass is 9.58. The van der Waals surface area contributed by atoms with Crippen LogP contribution in [-0.4, -0.2) is 29.1 Å². The molecule has 0 radical (unpaired) electrons. The first kappa shape index (κ1) is 13.5. The zero-order chi connectivity index (χ0) is 14.1. The molecule has 1 N–H and O–H groups in total. The zero-order valence-corrected chi connectivity index (χ0v) is 12.4. The van der Waals surface area contributed by atoms with Gasteiger partial charge in [0, 0.05) is 18.3 Å². The molecule has 0 aromatic rings. The van der Waals surface area contributed by atoms with E-state index in [4.69, 9.17) is 19.2 Å². The van der Waals surface area contributed by atoms with Gasteiger partial charge in [-0.15, -0.1) is 0 Å². The summed E-state index contributed by atoms with van der Waals surface area (Å²) in [5.74, 6) is 0.437. The minimum absolute atomic E-state index is 0.0379. The maximum Gasteiger partial charge on any atom is 0.201 e. The molecule has 4 heterocycles. The van der Waals surface area contributed by atoms with Gasteiger partial charge < -0.3 is 14.6 Å². The fourth-order valence-electron chi connectivity index (χ4n) is 4.89. The van der Waals surface area contributed by atoms with Gasteiger partial charge in [0.1, 0.15) is 0 Å². The van der Waals surface area contributed by atoms with Crippen molar-refractivity contribution in [2.24, 2.45) is 23.7 Å². The molecule has 4 saturated heterocycles. The number of aliphatic hydroxyl groups is 1. The summed E-state index contributed by atoms with van der Waals surface area (Å²) in [6.07, 6.45) is 2.72. The van der Waals surface area contributed by atoms with Crippen molar-refractivity contribution in [3.05, 3.63) is 0 Å². The van der Waals surface area contributed by atoms with E-state index in [2.05, 4.69) is 6.92 Å². The van der Waals surface area contributed by atoms with Crippen LogP contribution in [0.1, 0.15) is 46.5 Å². The Kier molecular flexibility index (Phi) is 2.81. The van der Waals surface area contributed by atoms with Crippen LogP contribution in [-0.2, 0) is 19.2 Å². The predicted octanol–water partition coefficient (Wildman–Crippen LogP) is 2.19. The molecule has 20 heavy (non-hydrogen) atoms. The van der Waals surface area contributed by atoms with Gasteiger partial charge in [-0.05, 0) is 38.0 Å². The van der Waals surface area contributed by atoms with E-state index in [9.17, 15) is 5.11 Å². The van der Waals surface area contributed by atoms with Crippen LogP contribution in [0.5, 0.6) is 0 Å². The van der Waals surface area contributed by atoms with Crippen molar-refractivity contribution in [3.8, 4) is 0 Å². The first-order chi connectivity index (χ1) is 9.46. The van der Waals surface area contributed by atoms with E-state index in [0.29, 0.717) is 11.8 Å². The number of ether oxygens (including phenoxy) is 2. The highest BCUT2D eigenvalue weighted by molar-refractivity contribution is 5.08. The van der Waals surface area contributed by atoms with Crippen LogP contribution in [0, 0.1) is 23.7 Å². The highest BCUT2D eigenvalue weighted by atomic mass is 17.3. The summed E-state index contributed by atoms with van der Waals surface area (Å²) in [6.45, 7) is 6.22. The average molecular weight is 284 g/mol. The van der Waals surface area contributed by atoms with Gasteiger partial charge in [0.15, 0.2) is 18.2 Å². The summed E-state index contributed by atoms with van der Waals surface area (Å²) >= 11 is 0. The van der Waals surface area contributed by atoms with E-state index in [1.165, 1.54) is 6.42 Å². The van der Waals surface area contributed by atoms with Crippen molar-refractivity contribution in [3.63, 3.8) is 0 Å². The largest absolute Gasteiger partial charge is 0.368 e. The molecule has 8 atom stereocenters. The van der Waals surface area contributed by atoms with Crippen molar-refractivity contribution in [1.82, 2.24) is 0 Å². The molecule has 5 heteroatoms. The molecule has 0 aromatic carbocycles. The lowest BCUT2D eigenvalue weighted by molar-refractivity contribution is -0.576. The summed E-state index contributed by atoms with van der Waals surface area (Å²) in [7, 11) is 0. The summed E-state index contributed by atoms with van der Waals surface area (Å²) in [4.78, 5) is 11.6. The Hall–Kier alpha value is -0.200. The molecule has 1 aliphatic carbocycles. The van der Waals surface area contributed by atoms with Crippen LogP contribution in [0.3, 0.4) is 0 Å². The third-order valence-electron chi connectivity index (χ3n) is 6.12. The summed E-state index contributed by atoms with van der Waals surface area (Å²) in [6, 6.07) is 0. The van der Waals surface area contributed by atoms with Gasteiger partial charge >= 0.3 is 0 Å². The molecule has 5 aliphatic rings. The van der Waals surface area contributed by atoms with Crippen LogP contribution >= 0.6 is 0 Å². The minimum atomic E-state index is -0.781. The van der Waals surface area contributed by atoms with Crippen molar-refractivity contribution in [2.75, 3.05) is 0 Å². The molecule has 0 amide bonds. The number of fused-ring (bicyclic) bond motifs is 2. The van der Waals surface area contributed by atoms with E-state index in [1.807, 2.05) is 13.8 Å². The fourth-order valence-corrected chi connectivity index (χ4v) is 4.89. The number of rotatable bonds is 0. The van der Waals surface area contributed by atoms with Gasteiger partial charge in [-0.1, -0.05) is 13.8 Å². The van der Waals surface area contributed by atoms with E-state index in [1.54, 1.807) is 0 Å². The van der Waals surface area contributed by atoms with Crippen LogP contribution in [0.4, 0.5) is 0 Å². The molecule has 0 unspecified atom stereocenters. The first-order valence-corrected chi connectivity index (χ1v) is 7.84. The van der Waals surface area contributed by atoms with Crippen LogP contribution in [0.25, 0.3) is 0 Å². The molecule has 0 aromatic heterocycles. The average Bonchev–Trinajstić information content (AvgIpc) is 2.63. The number of hydrogen-bond acceptors (Lipinski definition) is 5. The molecule has 4 aliphatic heterocycles. The van der Waals surface area contributed by atoms with E-state index < -0.39 is 24.0 Å². The zero-order valence-electron chi connectivity index (χ0n) is 12.4. The van der Waals surface area contributed by atoms with Crippen molar-refractivity contribution in [1.29, 1.82) is 0 Å². The Morgan fingerprint density at radius 2 is 1.85 bits per heavy atom. The second kappa shape index (κ2) is 4.17.